The molecule has 3 aromatic rings. The Balaban J connectivity index is 1.31. The maximum atomic E-state index is 11.0. The van der Waals surface area contributed by atoms with Crippen LogP contribution >= 0.6 is 0 Å². The van der Waals surface area contributed by atoms with E-state index in [0.717, 1.165) is 52.8 Å². The van der Waals surface area contributed by atoms with Gasteiger partial charge in [-0.15, -0.1) is 0 Å². The number of rotatable bonds is 5. The summed E-state index contributed by atoms with van der Waals surface area (Å²) in [5.74, 6) is 0.446. The van der Waals surface area contributed by atoms with E-state index < -0.39 is 12.3 Å². The number of aliphatic hydroxyl groups excluding tert-OH is 2. The van der Waals surface area contributed by atoms with Gasteiger partial charge in [-0.3, -0.25) is 9.88 Å². The molecule has 31 heavy (non-hydrogen) atoms. The quantitative estimate of drug-likeness (QED) is 0.658. The Morgan fingerprint density at radius 1 is 1.00 bits per heavy atom. The van der Waals surface area contributed by atoms with E-state index in [4.69, 9.17) is 4.74 Å². The molecule has 0 radical (unpaired) electrons. The molecule has 0 bridgehead atoms. The van der Waals surface area contributed by atoms with Crippen molar-refractivity contribution < 1.29 is 14.9 Å². The van der Waals surface area contributed by atoms with Crippen LogP contribution in [0.3, 0.4) is 0 Å². The second-order valence-electron chi connectivity index (χ2n) is 8.50. The number of ether oxygens (including phenoxy) is 1. The number of aliphatic hydroxyl groups is 2. The first kappa shape index (κ1) is 20.1. The van der Waals surface area contributed by atoms with Crippen molar-refractivity contribution in [3.8, 4) is 17.0 Å². The first-order chi connectivity index (χ1) is 15.1. The second kappa shape index (κ2) is 8.38. The fourth-order valence-electron chi connectivity index (χ4n) is 4.58. The molecule has 1 aromatic carbocycles. The predicted octanol–water partition coefficient (Wildman–Crippen LogP) is 3.75. The fraction of sp³-hybridized carbons (Fsp3) is 0.360. The Morgan fingerprint density at radius 3 is 2.55 bits per heavy atom. The molecule has 2 N–H and O–H groups in total. The summed E-state index contributed by atoms with van der Waals surface area (Å²) in [4.78, 5) is 10.6. The van der Waals surface area contributed by atoms with Gasteiger partial charge in [0, 0.05) is 31.2 Å². The molecule has 1 saturated carbocycles. The van der Waals surface area contributed by atoms with E-state index in [1.807, 2.05) is 30.2 Å². The van der Waals surface area contributed by atoms with Crippen molar-refractivity contribution in [1.82, 2.24) is 14.9 Å². The molecule has 1 unspecified atom stereocenters. The number of pyridine rings is 2. The lowest BCUT2D eigenvalue weighted by Crippen LogP contribution is -2.27. The molecule has 3 heterocycles. The van der Waals surface area contributed by atoms with Crippen molar-refractivity contribution in [2.75, 3.05) is 0 Å². The Labute approximate surface area is 182 Å². The second-order valence-corrected chi connectivity index (χ2v) is 8.50. The summed E-state index contributed by atoms with van der Waals surface area (Å²) in [6, 6.07) is 14.4. The molecular weight excluding hydrogens is 390 g/mol. The van der Waals surface area contributed by atoms with Gasteiger partial charge in [-0.2, -0.15) is 0 Å². The molecule has 5 rings (SSSR count). The van der Waals surface area contributed by atoms with Gasteiger partial charge in [-0.05, 0) is 66.6 Å². The molecule has 1 aliphatic carbocycles. The van der Waals surface area contributed by atoms with E-state index >= 15 is 0 Å². The number of benzene rings is 1. The lowest BCUT2D eigenvalue weighted by atomic mass is 10.0. The SMILES string of the molecule is Cc1cc(-c2ccc(CN3Cc4ccnc(O[C@@H]5CCC[C@H]5O)c4C3O)cc2)ccn1. The Hall–Kier alpha value is -2.80. The highest BCUT2D eigenvalue weighted by Crippen LogP contribution is 2.39. The lowest BCUT2D eigenvalue weighted by molar-refractivity contribution is 0.00240. The van der Waals surface area contributed by atoms with E-state index in [2.05, 4.69) is 40.3 Å². The van der Waals surface area contributed by atoms with Crippen LogP contribution in [0.4, 0.5) is 0 Å². The Bertz CT molecular complexity index is 1070. The zero-order valence-corrected chi connectivity index (χ0v) is 17.6. The van der Waals surface area contributed by atoms with E-state index in [1.54, 1.807) is 6.20 Å². The zero-order chi connectivity index (χ0) is 21.4. The Kier molecular flexibility index (Phi) is 5.44. The first-order valence-corrected chi connectivity index (χ1v) is 10.8. The third-order valence-electron chi connectivity index (χ3n) is 6.27. The standard InChI is InChI=1S/C25H27N3O3/c1-16-13-19(9-11-26-16)18-7-5-17(6-8-18)14-28-15-20-10-12-27-24(23(20)25(28)30)31-22-4-2-3-21(22)29/h5-13,21-22,25,29-30H,2-4,14-15H2,1H3/t21-,22-,25?/m1/s1. The minimum absolute atomic E-state index is 0.246. The van der Waals surface area contributed by atoms with Crippen LogP contribution in [0.1, 0.15) is 47.9 Å². The van der Waals surface area contributed by atoms with Gasteiger partial charge in [0.1, 0.15) is 12.3 Å². The van der Waals surface area contributed by atoms with Crippen LogP contribution in [0.15, 0.2) is 54.9 Å². The normalized spacial score (nSPS) is 23.1. The molecule has 3 atom stereocenters. The lowest BCUT2D eigenvalue weighted by Gasteiger charge is -2.22. The summed E-state index contributed by atoms with van der Waals surface area (Å²) in [6.07, 6.45) is 4.58. The van der Waals surface area contributed by atoms with Crippen molar-refractivity contribution in [3.63, 3.8) is 0 Å². The maximum absolute atomic E-state index is 11.0. The van der Waals surface area contributed by atoms with Crippen LogP contribution in [0.5, 0.6) is 5.88 Å². The van der Waals surface area contributed by atoms with Crippen molar-refractivity contribution in [2.24, 2.45) is 0 Å². The molecule has 2 aliphatic rings. The molecule has 1 aliphatic heterocycles. The van der Waals surface area contributed by atoms with Gasteiger partial charge in [0.25, 0.3) is 0 Å². The highest BCUT2D eigenvalue weighted by Gasteiger charge is 2.35. The average Bonchev–Trinajstić information content (AvgIpc) is 3.32. The molecule has 6 nitrogen and oxygen atoms in total. The van der Waals surface area contributed by atoms with Crippen molar-refractivity contribution in [1.29, 1.82) is 0 Å². The third kappa shape index (κ3) is 4.06. The molecule has 0 saturated heterocycles. The smallest absolute Gasteiger partial charge is 0.221 e. The monoisotopic (exact) mass is 417 g/mol. The molecule has 1 fully saturated rings. The molecular formula is C25H27N3O3. The van der Waals surface area contributed by atoms with Gasteiger partial charge < -0.3 is 14.9 Å². The van der Waals surface area contributed by atoms with E-state index in [1.165, 1.54) is 0 Å². The zero-order valence-electron chi connectivity index (χ0n) is 17.6. The number of aromatic nitrogens is 2. The number of hydrogen-bond donors (Lipinski definition) is 2. The van der Waals surface area contributed by atoms with Crippen LogP contribution in [0, 0.1) is 6.92 Å². The van der Waals surface area contributed by atoms with Gasteiger partial charge >= 0.3 is 0 Å². The third-order valence-corrected chi connectivity index (χ3v) is 6.27. The molecule has 0 amide bonds. The largest absolute Gasteiger partial charge is 0.471 e. The first-order valence-electron chi connectivity index (χ1n) is 10.8. The van der Waals surface area contributed by atoms with Crippen LogP contribution in [-0.2, 0) is 13.1 Å². The van der Waals surface area contributed by atoms with Crippen molar-refractivity contribution in [3.05, 3.63) is 77.2 Å². The fourth-order valence-corrected chi connectivity index (χ4v) is 4.58. The Morgan fingerprint density at radius 2 is 1.81 bits per heavy atom. The topological polar surface area (TPSA) is 78.7 Å². The van der Waals surface area contributed by atoms with E-state index in [0.29, 0.717) is 19.0 Å². The van der Waals surface area contributed by atoms with Crippen molar-refractivity contribution >= 4 is 0 Å². The van der Waals surface area contributed by atoms with Crippen LogP contribution in [0.25, 0.3) is 11.1 Å². The van der Waals surface area contributed by atoms with Gasteiger partial charge in [-0.1, -0.05) is 24.3 Å². The van der Waals surface area contributed by atoms with Crippen LogP contribution in [-0.4, -0.2) is 37.3 Å². The maximum Gasteiger partial charge on any atom is 0.221 e. The number of hydrogen-bond acceptors (Lipinski definition) is 6. The summed E-state index contributed by atoms with van der Waals surface area (Å²) in [6.45, 7) is 3.25. The summed E-state index contributed by atoms with van der Waals surface area (Å²) in [5, 5.41) is 21.1. The van der Waals surface area contributed by atoms with Crippen LogP contribution in [0.2, 0.25) is 0 Å². The minimum atomic E-state index is -0.778. The van der Waals surface area contributed by atoms with Gasteiger partial charge in [-0.25, -0.2) is 4.98 Å². The van der Waals surface area contributed by atoms with E-state index in [-0.39, 0.29) is 6.10 Å². The number of aryl methyl sites for hydroxylation is 1. The van der Waals surface area contributed by atoms with Crippen LogP contribution < -0.4 is 4.74 Å². The van der Waals surface area contributed by atoms with Gasteiger partial charge in [0.2, 0.25) is 5.88 Å². The summed E-state index contributed by atoms with van der Waals surface area (Å²) in [7, 11) is 0. The predicted molar refractivity (Wildman–Crippen MR) is 117 cm³/mol. The van der Waals surface area contributed by atoms with Gasteiger partial charge in [0.05, 0.1) is 11.7 Å². The summed E-state index contributed by atoms with van der Waals surface area (Å²) in [5.41, 5.74) is 6.17. The number of fused-ring (bicyclic) bond motifs is 1. The highest BCUT2D eigenvalue weighted by molar-refractivity contribution is 5.63. The highest BCUT2D eigenvalue weighted by atomic mass is 16.5. The molecule has 0 spiro atoms. The minimum Gasteiger partial charge on any atom is -0.471 e. The molecule has 160 valence electrons. The van der Waals surface area contributed by atoms with Gasteiger partial charge in [0.15, 0.2) is 0 Å². The summed E-state index contributed by atoms with van der Waals surface area (Å²) >= 11 is 0. The summed E-state index contributed by atoms with van der Waals surface area (Å²) < 4.78 is 6.02. The molecule has 6 heteroatoms. The number of nitrogens with zero attached hydrogens (tertiary/aromatic N) is 3. The van der Waals surface area contributed by atoms with E-state index in [9.17, 15) is 10.2 Å². The van der Waals surface area contributed by atoms with Crippen molar-refractivity contribution in [2.45, 2.75) is 57.7 Å². The average molecular weight is 418 g/mol. The molecule has 2 aromatic heterocycles.